The van der Waals surface area contributed by atoms with Crippen LogP contribution in [0.25, 0.3) is 0 Å². The van der Waals surface area contributed by atoms with Crippen molar-refractivity contribution in [1.82, 2.24) is 0 Å². The number of halogens is 3. The molecule has 1 atom stereocenters. The Kier molecular flexibility index (Phi) is 5.02. The zero-order valence-corrected chi connectivity index (χ0v) is 10.4. The van der Waals surface area contributed by atoms with Crippen LogP contribution < -0.4 is 11.1 Å². The van der Waals surface area contributed by atoms with E-state index < -0.39 is 24.5 Å². The minimum Gasteiger partial charge on any atom is -0.409 e. The molecule has 0 spiro atoms. The fourth-order valence-corrected chi connectivity index (χ4v) is 1.58. The highest BCUT2D eigenvalue weighted by Gasteiger charge is 2.42. The molecule has 1 unspecified atom stereocenters. The fraction of sp³-hybridized carbons (Fsp3) is 0.417. The normalized spacial score (nSPS) is 14.2. The van der Waals surface area contributed by atoms with Crippen molar-refractivity contribution in [3.8, 4) is 0 Å². The number of alkyl halides is 3. The molecule has 0 aliphatic carbocycles. The second-order valence-corrected chi connectivity index (χ2v) is 4.05. The first-order chi connectivity index (χ1) is 8.88. The summed E-state index contributed by atoms with van der Waals surface area (Å²) in [5.41, 5.74) is 6.64. The van der Waals surface area contributed by atoms with Gasteiger partial charge in [0.1, 0.15) is 5.92 Å². The monoisotopic (exact) mass is 275 g/mol. The summed E-state index contributed by atoms with van der Waals surface area (Å²) in [4.78, 5) is 0. The summed E-state index contributed by atoms with van der Waals surface area (Å²) >= 11 is 0. The minimum atomic E-state index is -4.56. The molecular formula is C12H16F3N3O. The first kappa shape index (κ1) is 15.1. The summed E-state index contributed by atoms with van der Waals surface area (Å²) in [6.45, 7) is 1.47. The molecule has 0 aliphatic heterocycles. The number of hydrogen-bond acceptors (Lipinski definition) is 3. The molecule has 0 bridgehead atoms. The zero-order chi connectivity index (χ0) is 14.5. The SMILES string of the molecule is CCc1cccc(NCC(/C(N)=N/O)C(F)(F)F)c1. The minimum absolute atomic E-state index is 0.480. The van der Waals surface area contributed by atoms with E-state index in [2.05, 4.69) is 10.5 Å². The standard InChI is InChI=1S/C12H16F3N3O/c1-2-8-4-3-5-9(6-8)17-7-10(11(16)18-19)12(13,14)15/h3-6,10,17,19H,2,7H2,1H3,(H2,16,18). The summed E-state index contributed by atoms with van der Waals surface area (Å²) in [7, 11) is 0. The maximum absolute atomic E-state index is 12.7. The van der Waals surface area contributed by atoms with Gasteiger partial charge in [0, 0.05) is 12.2 Å². The van der Waals surface area contributed by atoms with Gasteiger partial charge in [-0.25, -0.2) is 0 Å². The van der Waals surface area contributed by atoms with Crippen molar-refractivity contribution >= 4 is 11.5 Å². The van der Waals surface area contributed by atoms with Gasteiger partial charge < -0.3 is 16.3 Å². The van der Waals surface area contributed by atoms with Gasteiger partial charge in [0.05, 0.1) is 0 Å². The van der Waals surface area contributed by atoms with Gasteiger partial charge in [0.25, 0.3) is 0 Å². The second-order valence-electron chi connectivity index (χ2n) is 4.05. The third kappa shape index (κ3) is 4.35. The highest BCUT2D eigenvalue weighted by Crippen LogP contribution is 2.27. The molecule has 19 heavy (non-hydrogen) atoms. The van der Waals surface area contributed by atoms with Crippen LogP contribution in [0.2, 0.25) is 0 Å². The van der Waals surface area contributed by atoms with Crippen LogP contribution in [0, 0.1) is 5.92 Å². The van der Waals surface area contributed by atoms with E-state index in [1.165, 1.54) is 0 Å². The van der Waals surface area contributed by atoms with Gasteiger partial charge in [-0.1, -0.05) is 24.2 Å². The lowest BCUT2D eigenvalue weighted by Crippen LogP contribution is -2.40. The zero-order valence-electron chi connectivity index (χ0n) is 10.4. The van der Waals surface area contributed by atoms with Crippen LogP contribution in [0.15, 0.2) is 29.4 Å². The Balaban J connectivity index is 2.76. The molecule has 0 aromatic heterocycles. The average molecular weight is 275 g/mol. The Labute approximate surface area is 109 Å². The Hall–Kier alpha value is -1.92. The number of oxime groups is 1. The van der Waals surface area contributed by atoms with Crippen molar-refractivity contribution < 1.29 is 18.4 Å². The van der Waals surface area contributed by atoms with E-state index in [0.29, 0.717) is 5.69 Å². The van der Waals surface area contributed by atoms with E-state index in [9.17, 15) is 13.2 Å². The lowest BCUT2D eigenvalue weighted by Gasteiger charge is -2.20. The Bertz CT molecular complexity index is 446. The number of nitrogens with one attached hydrogen (secondary N) is 1. The van der Waals surface area contributed by atoms with Gasteiger partial charge in [-0.3, -0.25) is 0 Å². The summed E-state index contributed by atoms with van der Waals surface area (Å²) in [5, 5.41) is 13.5. The van der Waals surface area contributed by atoms with Gasteiger partial charge in [-0.05, 0) is 24.1 Å². The summed E-state index contributed by atoms with van der Waals surface area (Å²) < 4.78 is 38.1. The van der Waals surface area contributed by atoms with E-state index in [1.54, 1.807) is 18.2 Å². The average Bonchev–Trinajstić information content (AvgIpc) is 2.37. The Morgan fingerprint density at radius 3 is 2.68 bits per heavy atom. The van der Waals surface area contributed by atoms with Crippen molar-refractivity contribution in [3.05, 3.63) is 29.8 Å². The fourth-order valence-electron chi connectivity index (χ4n) is 1.58. The third-order valence-electron chi connectivity index (χ3n) is 2.71. The van der Waals surface area contributed by atoms with Gasteiger partial charge in [-0.15, -0.1) is 0 Å². The number of benzene rings is 1. The van der Waals surface area contributed by atoms with Gasteiger partial charge in [0.15, 0.2) is 5.84 Å². The predicted octanol–water partition coefficient (Wildman–Crippen LogP) is 2.59. The van der Waals surface area contributed by atoms with E-state index in [-0.39, 0.29) is 0 Å². The number of hydrogen-bond donors (Lipinski definition) is 3. The number of amidine groups is 1. The predicted molar refractivity (Wildman–Crippen MR) is 67.3 cm³/mol. The van der Waals surface area contributed by atoms with Crippen molar-refractivity contribution in [3.63, 3.8) is 0 Å². The molecular weight excluding hydrogens is 259 g/mol. The Morgan fingerprint density at radius 1 is 1.47 bits per heavy atom. The van der Waals surface area contributed by atoms with E-state index in [0.717, 1.165) is 12.0 Å². The maximum Gasteiger partial charge on any atom is 0.400 e. The van der Waals surface area contributed by atoms with Crippen LogP contribution in [-0.2, 0) is 6.42 Å². The quantitative estimate of drug-likeness (QED) is 0.335. The van der Waals surface area contributed by atoms with Crippen molar-refractivity contribution in [2.24, 2.45) is 16.8 Å². The van der Waals surface area contributed by atoms with Crippen molar-refractivity contribution in [2.75, 3.05) is 11.9 Å². The molecule has 0 amide bonds. The second kappa shape index (κ2) is 6.31. The molecule has 0 saturated carbocycles. The smallest absolute Gasteiger partial charge is 0.400 e. The molecule has 1 rings (SSSR count). The number of rotatable bonds is 5. The molecule has 4 nitrogen and oxygen atoms in total. The third-order valence-corrected chi connectivity index (χ3v) is 2.71. The number of nitrogens with two attached hydrogens (primary N) is 1. The molecule has 106 valence electrons. The first-order valence-electron chi connectivity index (χ1n) is 5.75. The van der Waals surface area contributed by atoms with Crippen LogP contribution in [0.5, 0.6) is 0 Å². The van der Waals surface area contributed by atoms with Gasteiger partial charge in [0.2, 0.25) is 0 Å². The molecule has 0 heterocycles. The van der Waals surface area contributed by atoms with Crippen LogP contribution in [0.3, 0.4) is 0 Å². The van der Waals surface area contributed by atoms with E-state index >= 15 is 0 Å². The largest absolute Gasteiger partial charge is 0.409 e. The molecule has 0 aliphatic rings. The number of aryl methyl sites for hydroxylation is 1. The lowest BCUT2D eigenvalue weighted by molar-refractivity contribution is -0.152. The van der Waals surface area contributed by atoms with Gasteiger partial charge >= 0.3 is 6.18 Å². The summed E-state index contributed by atoms with van der Waals surface area (Å²) in [6, 6.07) is 7.07. The molecule has 0 saturated heterocycles. The Morgan fingerprint density at radius 2 is 2.16 bits per heavy atom. The van der Waals surface area contributed by atoms with Crippen LogP contribution in [-0.4, -0.2) is 23.8 Å². The van der Waals surface area contributed by atoms with Crippen molar-refractivity contribution in [1.29, 1.82) is 0 Å². The van der Waals surface area contributed by atoms with E-state index in [4.69, 9.17) is 10.9 Å². The topological polar surface area (TPSA) is 70.6 Å². The molecule has 1 aromatic carbocycles. The molecule has 0 fully saturated rings. The van der Waals surface area contributed by atoms with Crippen LogP contribution >= 0.6 is 0 Å². The highest BCUT2D eigenvalue weighted by molar-refractivity contribution is 5.83. The van der Waals surface area contributed by atoms with Gasteiger partial charge in [-0.2, -0.15) is 13.2 Å². The number of anilines is 1. The summed E-state index contributed by atoms with van der Waals surface area (Å²) in [6.07, 6.45) is -3.77. The van der Waals surface area contributed by atoms with Crippen molar-refractivity contribution in [2.45, 2.75) is 19.5 Å². The molecule has 1 aromatic rings. The highest BCUT2D eigenvalue weighted by atomic mass is 19.4. The maximum atomic E-state index is 12.7. The lowest BCUT2D eigenvalue weighted by atomic mass is 10.1. The van der Waals surface area contributed by atoms with Crippen LogP contribution in [0.4, 0.5) is 18.9 Å². The molecule has 7 heteroatoms. The number of nitrogens with zero attached hydrogens (tertiary/aromatic N) is 1. The molecule has 4 N–H and O–H groups in total. The van der Waals surface area contributed by atoms with E-state index in [1.807, 2.05) is 13.0 Å². The summed E-state index contributed by atoms with van der Waals surface area (Å²) in [5.74, 6) is -2.88. The van der Waals surface area contributed by atoms with Crippen LogP contribution in [0.1, 0.15) is 12.5 Å². The molecule has 0 radical (unpaired) electrons. The first-order valence-corrected chi connectivity index (χ1v) is 5.75.